The largest absolute Gasteiger partial charge is 0.497 e. The minimum atomic E-state index is -0.307. The zero-order chi connectivity index (χ0) is 23.4. The quantitative estimate of drug-likeness (QED) is 0.381. The average molecular weight is 468 g/mol. The van der Waals surface area contributed by atoms with Gasteiger partial charge in [-0.25, -0.2) is 4.98 Å². The van der Waals surface area contributed by atoms with Crippen LogP contribution < -0.4 is 4.74 Å². The van der Waals surface area contributed by atoms with Crippen molar-refractivity contribution < 1.29 is 19.1 Å². The highest BCUT2D eigenvalue weighted by Gasteiger charge is 2.31. The highest BCUT2D eigenvalue weighted by Crippen LogP contribution is 2.32. The van der Waals surface area contributed by atoms with Gasteiger partial charge in [-0.3, -0.25) is 14.2 Å². The van der Waals surface area contributed by atoms with Crippen LogP contribution in [0.15, 0.2) is 53.7 Å². The molecule has 0 radical (unpaired) electrons. The topological polar surface area (TPSA) is 73.7 Å². The number of likely N-dealkylation sites (tertiary alicyclic amines) is 1. The van der Waals surface area contributed by atoms with E-state index in [9.17, 15) is 9.59 Å². The molecule has 1 saturated heterocycles. The maximum absolute atomic E-state index is 13.2. The molecule has 2 heterocycles. The van der Waals surface area contributed by atoms with Gasteiger partial charge in [0.2, 0.25) is 5.91 Å². The predicted molar refractivity (Wildman–Crippen MR) is 129 cm³/mol. The third-order valence-electron chi connectivity index (χ3n) is 5.92. The number of carbonyl (C=O) groups is 2. The van der Waals surface area contributed by atoms with Gasteiger partial charge in [0, 0.05) is 18.8 Å². The van der Waals surface area contributed by atoms with Gasteiger partial charge in [0.25, 0.3) is 0 Å². The summed E-state index contributed by atoms with van der Waals surface area (Å²) in [6, 6.07) is 15.8. The molecular formula is C25H29N3O4S. The number of aromatic nitrogens is 2. The third kappa shape index (κ3) is 5.00. The van der Waals surface area contributed by atoms with E-state index in [0.717, 1.165) is 27.6 Å². The molecule has 1 aliphatic rings. The second-order valence-corrected chi connectivity index (χ2v) is 9.34. The smallest absolute Gasteiger partial charge is 0.309 e. The number of hydrogen-bond donors (Lipinski definition) is 0. The van der Waals surface area contributed by atoms with Crippen LogP contribution in [0.2, 0.25) is 0 Å². The Morgan fingerprint density at radius 3 is 2.48 bits per heavy atom. The van der Waals surface area contributed by atoms with Crippen molar-refractivity contribution in [2.24, 2.45) is 5.92 Å². The molecule has 1 fully saturated rings. The third-order valence-corrected chi connectivity index (χ3v) is 6.96. The van der Waals surface area contributed by atoms with Crippen molar-refractivity contribution >= 4 is 34.7 Å². The number of methoxy groups -OCH3 is 1. The molecule has 0 spiro atoms. The summed E-state index contributed by atoms with van der Waals surface area (Å²) in [5.41, 5.74) is 2.83. The van der Waals surface area contributed by atoms with Crippen molar-refractivity contribution in [1.82, 2.24) is 14.5 Å². The highest BCUT2D eigenvalue weighted by molar-refractivity contribution is 8.00. The summed E-state index contributed by atoms with van der Waals surface area (Å²) in [6.45, 7) is 5.27. The van der Waals surface area contributed by atoms with Crippen LogP contribution >= 0.6 is 11.8 Å². The molecule has 0 bridgehead atoms. The lowest BCUT2D eigenvalue weighted by Crippen LogP contribution is -2.43. The van der Waals surface area contributed by atoms with E-state index < -0.39 is 0 Å². The van der Waals surface area contributed by atoms with Crippen LogP contribution in [-0.4, -0.2) is 58.4 Å². The van der Waals surface area contributed by atoms with Gasteiger partial charge in [-0.1, -0.05) is 23.9 Å². The number of rotatable bonds is 7. The maximum atomic E-state index is 13.2. The Kier molecular flexibility index (Phi) is 7.23. The SMILES string of the molecule is CCOC(=O)C1CCN(C(=O)C(C)Sc2nc3ccccc3n2-c2ccc(OC)cc2)CC1. The fourth-order valence-corrected chi connectivity index (χ4v) is 5.15. The predicted octanol–water partition coefficient (Wildman–Crippen LogP) is 4.32. The molecule has 2 aromatic carbocycles. The monoisotopic (exact) mass is 467 g/mol. The highest BCUT2D eigenvalue weighted by atomic mass is 32.2. The first-order valence-electron chi connectivity index (χ1n) is 11.3. The van der Waals surface area contributed by atoms with E-state index in [1.165, 1.54) is 11.8 Å². The Morgan fingerprint density at radius 1 is 1.12 bits per heavy atom. The van der Waals surface area contributed by atoms with Crippen LogP contribution in [0.25, 0.3) is 16.7 Å². The van der Waals surface area contributed by atoms with Crippen LogP contribution in [0.4, 0.5) is 0 Å². The number of ether oxygens (including phenoxy) is 2. The Hall–Kier alpha value is -3.00. The second kappa shape index (κ2) is 10.3. The molecule has 7 nitrogen and oxygen atoms in total. The first kappa shape index (κ1) is 23.2. The van der Waals surface area contributed by atoms with Crippen molar-refractivity contribution in [1.29, 1.82) is 0 Å². The molecule has 1 amide bonds. The van der Waals surface area contributed by atoms with Gasteiger partial charge in [-0.05, 0) is 63.1 Å². The lowest BCUT2D eigenvalue weighted by atomic mass is 9.97. The summed E-state index contributed by atoms with van der Waals surface area (Å²) < 4.78 is 12.5. The van der Waals surface area contributed by atoms with Crippen molar-refractivity contribution in [3.63, 3.8) is 0 Å². The lowest BCUT2D eigenvalue weighted by molar-refractivity contribution is -0.151. The van der Waals surface area contributed by atoms with Crippen LogP contribution in [0, 0.1) is 5.92 Å². The Labute approximate surface area is 198 Å². The van der Waals surface area contributed by atoms with Gasteiger partial charge in [-0.15, -0.1) is 0 Å². The Balaban J connectivity index is 1.51. The summed E-state index contributed by atoms with van der Waals surface area (Å²) in [5, 5.41) is 0.460. The molecule has 1 aromatic heterocycles. The van der Waals surface area contributed by atoms with Crippen molar-refractivity contribution in [2.75, 3.05) is 26.8 Å². The first-order valence-corrected chi connectivity index (χ1v) is 12.1. The van der Waals surface area contributed by atoms with Crippen molar-refractivity contribution in [2.45, 2.75) is 37.1 Å². The molecule has 1 atom stereocenters. The zero-order valence-electron chi connectivity index (χ0n) is 19.2. The maximum Gasteiger partial charge on any atom is 0.309 e. The summed E-state index contributed by atoms with van der Waals surface area (Å²) in [4.78, 5) is 31.9. The number of fused-ring (bicyclic) bond motifs is 1. The number of nitrogens with zero attached hydrogens (tertiary/aromatic N) is 3. The Morgan fingerprint density at radius 2 is 1.82 bits per heavy atom. The average Bonchev–Trinajstić information content (AvgIpc) is 3.21. The second-order valence-electron chi connectivity index (χ2n) is 8.03. The molecule has 4 rings (SSSR count). The molecule has 1 unspecified atom stereocenters. The zero-order valence-corrected chi connectivity index (χ0v) is 20.0. The number of imidazole rings is 1. The van der Waals surface area contributed by atoms with Gasteiger partial charge in [0.05, 0.1) is 35.9 Å². The molecule has 174 valence electrons. The molecule has 3 aromatic rings. The van der Waals surface area contributed by atoms with E-state index in [4.69, 9.17) is 14.5 Å². The van der Waals surface area contributed by atoms with Crippen LogP contribution in [0.1, 0.15) is 26.7 Å². The van der Waals surface area contributed by atoms with E-state index in [-0.39, 0.29) is 23.0 Å². The molecule has 0 saturated carbocycles. The number of amides is 1. The molecular weight excluding hydrogens is 438 g/mol. The van der Waals surface area contributed by atoms with Crippen molar-refractivity contribution in [3.8, 4) is 11.4 Å². The normalized spacial score (nSPS) is 15.4. The number of thioether (sulfide) groups is 1. The van der Waals surface area contributed by atoms with Crippen LogP contribution in [-0.2, 0) is 14.3 Å². The minimum Gasteiger partial charge on any atom is -0.497 e. The summed E-state index contributed by atoms with van der Waals surface area (Å²) in [5.74, 6) is 0.583. The number of benzene rings is 2. The summed E-state index contributed by atoms with van der Waals surface area (Å²) >= 11 is 1.46. The van der Waals surface area contributed by atoms with E-state index in [1.807, 2.05) is 67.3 Å². The van der Waals surface area contributed by atoms with Gasteiger partial charge < -0.3 is 14.4 Å². The number of carbonyl (C=O) groups excluding carboxylic acids is 2. The summed E-state index contributed by atoms with van der Waals surface area (Å²) in [6.07, 6.45) is 1.29. The number of para-hydroxylation sites is 2. The lowest BCUT2D eigenvalue weighted by Gasteiger charge is -2.32. The van der Waals surface area contributed by atoms with Crippen LogP contribution in [0.3, 0.4) is 0 Å². The minimum absolute atomic E-state index is 0.0654. The fraction of sp³-hybridized carbons (Fsp3) is 0.400. The molecule has 33 heavy (non-hydrogen) atoms. The molecule has 0 aliphatic carbocycles. The molecule has 0 N–H and O–H groups in total. The standard InChI is InChI=1S/C25H29N3O4S/c1-4-32-24(30)18-13-15-27(16-14-18)23(29)17(2)33-25-26-21-7-5-6-8-22(21)28(25)19-9-11-20(31-3)12-10-19/h5-12,17-18H,4,13-16H2,1-3H3. The van der Waals surface area contributed by atoms with E-state index >= 15 is 0 Å². The van der Waals surface area contributed by atoms with E-state index in [2.05, 4.69) is 4.57 Å². The van der Waals surface area contributed by atoms with Crippen LogP contribution in [0.5, 0.6) is 5.75 Å². The number of esters is 1. The van der Waals surface area contributed by atoms with Gasteiger partial charge in [0.15, 0.2) is 5.16 Å². The summed E-state index contributed by atoms with van der Waals surface area (Å²) in [7, 11) is 1.64. The van der Waals surface area contributed by atoms with Gasteiger partial charge >= 0.3 is 5.97 Å². The van der Waals surface area contributed by atoms with Gasteiger partial charge in [-0.2, -0.15) is 0 Å². The van der Waals surface area contributed by atoms with Crippen molar-refractivity contribution in [3.05, 3.63) is 48.5 Å². The Bertz CT molecular complexity index is 1120. The van der Waals surface area contributed by atoms with Gasteiger partial charge in [0.1, 0.15) is 5.75 Å². The van der Waals surface area contributed by atoms with E-state index in [0.29, 0.717) is 32.5 Å². The molecule has 8 heteroatoms. The number of hydrogen-bond acceptors (Lipinski definition) is 6. The first-order chi connectivity index (χ1) is 16.0. The fourth-order valence-electron chi connectivity index (χ4n) is 4.13. The number of piperidine rings is 1. The molecule has 1 aliphatic heterocycles. The van der Waals surface area contributed by atoms with E-state index in [1.54, 1.807) is 7.11 Å².